The summed E-state index contributed by atoms with van der Waals surface area (Å²) in [5.74, 6) is 0.711. The Morgan fingerprint density at radius 1 is 1.37 bits per heavy atom. The minimum atomic E-state index is -0.170. The minimum absolute atomic E-state index is 0.0187. The molecule has 0 spiro atoms. The van der Waals surface area contributed by atoms with Gasteiger partial charge in [0.1, 0.15) is 6.33 Å². The Morgan fingerprint density at radius 2 is 2.26 bits per heavy atom. The molecule has 0 N–H and O–H groups in total. The third kappa shape index (κ3) is 3.82. The van der Waals surface area contributed by atoms with E-state index in [1.807, 2.05) is 11.8 Å². The van der Waals surface area contributed by atoms with Gasteiger partial charge in [-0.1, -0.05) is 0 Å². The van der Waals surface area contributed by atoms with Crippen molar-refractivity contribution < 1.29 is 4.79 Å². The van der Waals surface area contributed by atoms with Gasteiger partial charge in [0.15, 0.2) is 5.82 Å². The van der Waals surface area contributed by atoms with E-state index in [-0.39, 0.29) is 17.5 Å². The van der Waals surface area contributed by atoms with E-state index in [9.17, 15) is 9.59 Å². The lowest BCUT2D eigenvalue weighted by Gasteiger charge is -2.25. The number of carbonyl (C=O) groups excluding carboxylic acids is 1. The number of amides is 1. The van der Waals surface area contributed by atoms with Crippen molar-refractivity contribution in [3.63, 3.8) is 0 Å². The number of hydrogen-bond donors (Lipinski definition) is 0. The number of thiazole rings is 1. The van der Waals surface area contributed by atoms with Crippen LogP contribution in [0.25, 0.3) is 5.82 Å². The number of aryl methyl sites for hydroxylation is 1. The second kappa shape index (κ2) is 7.43. The Bertz CT molecular complexity index is 993. The van der Waals surface area contributed by atoms with Crippen molar-refractivity contribution >= 4 is 17.2 Å². The van der Waals surface area contributed by atoms with Crippen LogP contribution in [-0.2, 0) is 17.8 Å². The SMILES string of the molecule is Cc1ncc(CC(=O)N2CCCC2Cn2nc(-n3ccnc3)ccc2=O)s1. The average Bonchev–Trinajstić information content (AvgIpc) is 3.39. The highest BCUT2D eigenvalue weighted by Gasteiger charge is 2.29. The summed E-state index contributed by atoms with van der Waals surface area (Å²) >= 11 is 1.55. The zero-order chi connectivity index (χ0) is 18.8. The number of nitrogens with zero attached hydrogens (tertiary/aromatic N) is 6. The van der Waals surface area contributed by atoms with Crippen molar-refractivity contribution in [2.45, 2.75) is 38.8 Å². The van der Waals surface area contributed by atoms with Crippen molar-refractivity contribution in [1.29, 1.82) is 0 Å². The summed E-state index contributed by atoms with van der Waals surface area (Å²) in [6.45, 7) is 3.05. The van der Waals surface area contributed by atoms with Crippen LogP contribution in [0.5, 0.6) is 0 Å². The minimum Gasteiger partial charge on any atom is -0.338 e. The quantitative estimate of drug-likeness (QED) is 0.664. The summed E-state index contributed by atoms with van der Waals surface area (Å²) in [5.41, 5.74) is -0.170. The molecule has 0 aliphatic carbocycles. The summed E-state index contributed by atoms with van der Waals surface area (Å²) in [6, 6.07) is 3.16. The first-order valence-electron chi connectivity index (χ1n) is 8.87. The normalized spacial score (nSPS) is 16.8. The lowest BCUT2D eigenvalue weighted by molar-refractivity contribution is -0.131. The molecule has 1 aliphatic heterocycles. The van der Waals surface area contributed by atoms with E-state index in [4.69, 9.17) is 0 Å². The van der Waals surface area contributed by atoms with Gasteiger partial charge in [-0.2, -0.15) is 5.10 Å². The molecule has 1 aliphatic rings. The van der Waals surface area contributed by atoms with Gasteiger partial charge in [-0.15, -0.1) is 11.3 Å². The first kappa shape index (κ1) is 17.6. The average molecular weight is 384 g/mol. The maximum atomic E-state index is 12.7. The zero-order valence-corrected chi connectivity index (χ0v) is 15.8. The molecule has 4 rings (SSSR count). The number of carbonyl (C=O) groups is 1. The summed E-state index contributed by atoms with van der Waals surface area (Å²) in [6.07, 6.45) is 9.02. The molecule has 140 valence electrons. The Morgan fingerprint density at radius 3 is 3.00 bits per heavy atom. The predicted octanol–water partition coefficient (Wildman–Crippen LogP) is 1.43. The number of hydrogen-bond acceptors (Lipinski definition) is 6. The van der Waals surface area contributed by atoms with Gasteiger partial charge in [-0.25, -0.2) is 14.6 Å². The molecule has 0 bridgehead atoms. The van der Waals surface area contributed by atoms with Gasteiger partial charge in [0, 0.05) is 36.1 Å². The molecule has 9 heteroatoms. The second-order valence-corrected chi connectivity index (χ2v) is 7.91. The summed E-state index contributed by atoms with van der Waals surface area (Å²) in [7, 11) is 0. The van der Waals surface area contributed by atoms with Crippen LogP contribution in [0.1, 0.15) is 22.7 Å². The fourth-order valence-electron chi connectivity index (χ4n) is 3.39. The van der Waals surface area contributed by atoms with E-state index in [1.165, 1.54) is 10.7 Å². The lowest BCUT2D eigenvalue weighted by atomic mass is 10.2. The molecule has 1 atom stereocenters. The third-order valence-corrected chi connectivity index (χ3v) is 5.61. The van der Waals surface area contributed by atoms with Crippen molar-refractivity contribution in [2.24, 2.45) is 0 Å². The van der Waals surface area contributed by atoms with Crippen molar-refractivity contribution in [3.05, 3.63) is 57.3 Å². The Hall–Kier alpha value is -2.81. The fourth-order valence-corrected chi connectivity index (χ4v) is 4.18. The number of likely N-dealkylation sites (tertiary alicyclic amines) is 1. The molecule has 27 heavy (non-hydrogen) atoms. The largest absolute Gasteiger partial charge is 0.338 e. The van der Waals surface area contributed by atoms with Crippen LogP contribution in [-0.4, -0.2) is 47.7 Å². The van der Waals surface area contributed by atoms with E-state index >= 15 is 0 Å². The molecule has 4 heterocycles. The van der Waals surface area contributed by atoms with Crippen LogP contribution < -0.4 is 5.56 Å². The molecule has 8 nitrogen and oxygen atoms in total. The van der Waals surface area contributed by atoms with Crippen molar-refractivity contribution in [2.75, 3.05) is 6.54 Å². The van der Waals surface area contributed by atoms with Crippen LogP contribution in [0.3, 0.4) is 0 Å². The standard InChI is InChI=1S/C18H20N6O2S/c1-13-20-10-15(27-13)9-18(26)23-7-2-3-14(23)11-24-17(25)5-4-16(21-24)22-8-6-19-12-22/h4-6,8,10,12,14H,2-3,7,9,11H2,1H3. The smallest absolute Gasteiger partial charge is 0.266 e. The van der Waals surface area contributed by atoms with Gasteiger partial charge >= 0.3 is 0 Å². The summed E-state index contributed by atoms with van der Waals surface area (Å²) in [5, 5.41) is 5.40. The van der Waals surface area contributed by atoms with Gasteiger partial charge in [0.25, 0.3) is 5.56 Å². The highest BCUT2D eigenvalue weighted by atomic mass is 32.1. The van der Waals surface area contributed by atoms with Crippen LogP contribution in [0.4, 0.5) is 0 Å². The highest BCUT2D eigenvalue weighted by Crippen LogP contribution is 2.21. The van der Waals surface area contributed by atoms with Crippen LogP contribution in [0.15, 0.2) is 41.8 Å². The predicted molar refractivity (Wildman–Crippen MR) is 101 cm³/mol. The molecule has 1 fully saturated rings. The first-order chi connectivity index (χ1) is 13.1. The van der Waals surface area contributed by atoms with Crippen LogP contribution in [0.2, 0.25) is 0 Å². The molecular formula is C18H20N6O2S. The molecule has 1 unspecified atom stereocenters. The van der Waals surface area contributed by atoms with Gasteiger partial charge in [-0.05, 0) is 25.8 Å². The topological polar surface area (TPSA) is 85.9 Å². The van der Waals surface area contributed by atoms with E-state index in [2.05, 4.69) is 15.1 Å². The van der Waals surface area contributed by atoms with E-state index in [0.717, 1.165) is 29.3 Å². The van der Waals surface area contributed by atoms with Crippen LogP contribution in [0, 0.1) is 6.92 Å². The number of aromatic nitrogens is 5. The molecule has 0 radical (unpaired) electrons. The van der Waals surface area contributed by atoms with Gasteiger partial charge in [0.05, 0.1) is 24.0 Å². The summed E-state index contributed by atoms with van der Waals surface area (Å²) in [4.78, 5) is 36.1. The Balaban J connectivity index is 1.50. The molecular weight excluding hydrogens is 364 g/mol. The monoisotopic (exact) mass is 384 g/mol. The number of imidazole rings is 1. The van der Waals surface area contributed by atoms with E-state index in [1.54, 1.807) is 46.9 Å². The Kier molecular flexibility index (Phi) is 4.85. The van der Waals surface area contributed by atoms with Gasteiger partial charge in [0.2, 0.25) is 5.91 Å². The zero-order valence-electron chi connectivity index (χ0n) is 15.0. The van der Waals surface area contributed by atoms with E-state index < -0.39 is 0 Å². The fraction of sp³-hybridized carbons (Fsp3) is 0.389. The molecule has 0 saturated carbocycles. The number of rotatable bonds is 5. The third-order valence-electron chi connectivity index (χ3n) is 4.70. The van der Waals surface area contributed by atoms with Gasteiger partial charge < -0.3 is 4.90 Å². The highest BCUT2D eigenvalue weighted by molar-refractivity contribution is 7.11. The maximum absolute atomic E-state index is 12.7. The van der Waals surface area contributed by atoms with Crippen molar-refractivity contribution in [1.82, 2.24) is 29.2 Å². The second-order valence-electron chi connectivity index (χ2n) is 6.59. The lowest BCUT2D eigenvalue weighted by Crippen LogP contribution is -2.41. The van der Waals surface area contributed by atoms with E-state index in [0.29, 0.717) is 18.8 Å². The molecule has 1 amide bonds. The van der Waals surface area contributed by atoms with Crippen molar-refractivity contribution in [3.8, 4) is 5.82 Å². The molecule has 0 aromatic carbocycles. The van der Waals surface area contributed by atoms with Crippen LogP contribution >= 0.6 is 11.3 Å². The summed E-state index contributed by atoms with van der Waals surface area (Å²) < 4.78 is 3.20. The molecule has 3 aromatic rings. The van der Waals surface area contributed by atoms with Gasteiger partial charge in [-0.3, -0.25) is 14.2 Å². The maximum Gasteiger partial charge on any atom is 0.266 e. The Labute approximate surface area is 160 Å². The first-order valence-corrected chi connectivity index (χ1v) is 9.69. The molecule has 1 saturated heterocycles. The molecule has 3 aromatic heterocycles.